The number of carbonyl (C=O) groups excluding carboxylic acids is 3. The monoisotopic (exact) mass is 412 g/mol. The van der Waals surface area contributed by atoms with E-state index in [1.165, 1.54) is 6.08 Å². The van der Waals surface area contributed by atoms with E-state index in [1.54, 1.807) is 18.2 Å². The van der Waals surface area contributed by atoms with Crippen LogP contribution in [0.4, 0.5) is 10.5 Å². The highest BCUT2D eigenvalue weighted by Crippen LogP contribution is 2.23. The summed E-state index contributed by atoms with van der Waals surface area (Å²) >= 11 is 0. The average molecular weight is 412 g/mol. The number of ether oxygens (including phenoxy) is 1. The molecule has 2 N–H and O–H groups in total. The molecule has 0 radical (unpaired) electrons. The molecule has 1 aromatic carbocycles. The molecule has 0 aromatic heterocycles. The molecule has 8 nitrogen and oxygen atoms in total. The molecule has 1 aliphatic carbocycles. The number of benzene rings is 1. The van der Waals surface area contributed by atoms with E-state index in [2.05, 4.69) is 17.6 Å². The van der Waals surface area contributed by atoms with Gasteiger partial charge in [-0.1, -0.05) is 31.9 Å². The number of rotatable bonds is 6. The van der Waals surface area contributed by atoms with E-state index in [0.717, 1.165) is 31.4 Å². The number of urea groups is 1. The van der Waals surface area contributed by atoms with Gasteiger partial charge in [0.05, 0.1) is 0 Å². The Bertz CT molecular complexity index is 840. The van der Waals surface area contributed by atoms with Gasteiger partial charge >= 0.3 is 12.0 Å². The third kappa shape index (κ3) is 6.92. The Morgan fingerprint density at radius 3 is 2.47 bits per heavy atom. The summed E-state index contributed by atoms with van der Waals surface area (Å²) in [5, 5.41) is 14.2. The first-order chi connectivity index (χ1) is 14.3. The van der Waals surface area contributed by atoms with E-state index in [4.69, 9.17) is 4.74 Å². The maximum Gasteiger partial charge on any atom is 0.349 e. The van der Waals surface area contributed by atoms with Gasteiger partial charge in [0.1, 0.15) is 11.6 Å². The fourth-order valence-corrected chi connectivity index (χ4v) is 3.28. The number of carbonyl (C=O) groups is 3. The van der Waals surface area contributed by atoms with Gasteiger partial charge in [0.2, 0.25) is 0 Å². The van der Waals surface area contributed by atoms with Crippen LogP contribution in [0.25, 0.3) is 6.08 Å². The van der Waals surface area contributed by atoms with Crippen molar-refractivity contribution in [2.24, 2.45) is 5.92 Å². The highest BCUT2D eigenvalue weighted by atomic mass is 16.5. The normalized spacial score (nSPS) is 18.7. The molecule has 0 saturated heterocycles. The van der Waals surface area contributed by atoms with Crippen LogP contribution in [0.3, 0.4) is 0 Å². The van der Waals surface area contributed by atoms with Gasteiger partial charge in [-0.25, -0.2) is 9.59 Å². The predicted molar refractivity (Wildman–Crippen MR) is 113 cm³/mol. The van der Waals surface area contributed by atoms with Crippen molar-refractivity contribution in [3.63, 3.8) is 0 Å². The zero-order valence-electron chi connectivity index (χ0n) is 17.6. The maximum atomic E-state index is 12.1. The molecule has 1 fully saturated rings. The SMILES string of the molecule is C[C@H]1CCCC[C@H]1NC(=O)NC(=O)COC(=O)/C(C#N)=C/c1ccc(N(C)C)cc1. The lowest BCUT2D eigenvalue weighted by Crippen LogP contribution is -2.48. The standard InChI is InChI=1S/C22H28N4O4/c1-15-6-4-5-7-19(15)24-22(29)25-20(27)14-30-21(28)17(13-23)12-16-8-10-18(11-9-16)26(2)3/h8-12,15,19H,4-7,14H2,1-3H3,(H2,24,25,27,29)/b17-12+/t15-,19+/m0/s1. The minimum atomic E-state index is -0.925. The predicted octanol–water partition coefficient (Wildman–Crippen LogP) is 2.61. The van der Waals surface area contributed by atoms with Crippen molar-refractivity contribution in [3.05, 3.63) is 35.4 Å². The van der Waals surface area contributed by atoms with E-state index in [-0.39, 0.29) is 11.6 Å². The minimum Gasteiger partial charge on any atom is -0.451 e. The molecule has 8 heteroatoms. The Hall–Kier alpha value is -3.34. The molecule has 0 heterocycles. The molecular formula is C22H28N4O4. The van der Waals surface area contributed by atoms with Crippen LogP contribution in [0.5, 0.6) is 0 Å². The highest BCUT2D eigenvalue weighted by molar-refractivity contribution is 6.00. The van der Waals surface area contributed by atoms with Gasteiger partial charge in [0.25, 0.3) is 5.91 Å². The van der Waals surface area contributed by atoms with Crippen LogP contribution in [0.15, 0.2) is 29.8 Å². The van der Waals surface area contributed by atoms with E-state index in [9.17, 15) is 19.6 Å². The van der Waals surface area contributed by atoms with E-state index in [0.29, 0.717) is 11.5 Å². The molecular weight excluding hydrogens is 384 g/mol. The summed E-state index contributed by atoms with van der Waals surface area (Å²) in [5.74, 6) is -1.32. The molecule has 1 aromatic rings. The quantitative estimate of drug-likeness (QED) is 0.422. The fraction of sp³-hybridized carbons (Fsp3) is 0.455. The van der Waals surface area contributed by atoms with Crippen molar-refractivity contribution in [2.45, 2.75) is 38.6 Å². The van der Waals surface area contributed by atoms with Gasteiger partial charge in [0, 0.05) is 25.8 Å². The lowest BCUT2D eigenvalue weighted by molar-refractivity contribution is -0.144. The molecule has 1 aliphatic rings. The Balaban J connectivity index is 1.84. The van der Waals surface area contributed by atoms with Crippen LogP contribution in [0.2, 0.25) is 0 Å². The smallest absolute Gasteiger partial charge is 0.349 e. The summed E-state index contributed by atoms with van der Waals surface area (Å²) in [6, 6.07) is 8.44. The molecule has 0 bridgehead atoms. The number of nitrogens with zero attached hydrogens (tertiary/aromatic N) is 2. The van der Waals surface area contributed by atoms with Gasteiger partial charge in [-0.05, 0) is 42.5 Å². The summed E-state index contributed by atoms with van der Waals surface area (Å²) in [7, 11) is 3.81. The van der Waals surface area contributed by atoms with Crippen molar-refractivity contribution in [2.75, 3.05) is 25.6 Å². The second-order valence-corrected chi connectivity index (χ2v) is 7.62. The lowest BCUT2D eigenvalue weighted by atomic mass is 9.86. The molecule has 30 heavy (non-hydrogen) atoms. The molecule has 0 aliphatic heterocycles. The van der Waals surface area contributed by atoms with Gasteiger partial charge in [0.15, 0.2) is 6.61 Å². The molecule has 2 atom stereocenters. The summed E-state index contributed by atoms with van der Waals surface area (Å²) in [6.45, 7) is 1.42. The number of anilines is 1. The van der Waals surface area contributed by atoms with E-state index >= 15 is 0 Å². The van der Waals surface area contributed by atoms with Gasteiger partial charge in [-0.2, -0.15) is 5.26 Å². The molecule has 2 rings (SSSR count). The Morgan fingerprint density at radius 2 is 1.87 bits per heavy atom. The summed E-state index contributed by atoms with van der Waals surface area (Å²) in [4.78, 5) is 37.9. The zero-order chi connectivity index (χ0) is 22.1. The number of esters is 1. The molecule has 0 unspecified atom stereocenters. The lowest BCUT2D eigenvalue weighted by Gasteiger charge is -2.29. The van der Waals surface area contributed by atoms with Crippen LogP contribution in [0.1, 0.15) is 38.2 Å². The number of imide groups is 1. The maximum absolute atomic E-state index is 12.1. The molecule has 3 amide bonds. The highest BCUT2D eigenvalue weighted by Gasteiger charge is 2.23. The van der Waals surface area contributed by atoms with E-state index in [1.807, 2.05) is 31.1 Å². The summed E-state index contributed by atoms with van der Waals surface area (Å²) in [6.07, 6.45) is 5.49. The molecule has 0 spiro atoms. The minimum absolute atomic E-state index is 0.0288. The number of amides is 3. The van der Waals surface area contributed by atoms with Crippen LogP contribution < -0.4 is 15.5 Å². The van der Waals surface area contributed by atoms with Crippen LogP contribution in [-0.2, 0) is 14.3 Å². The topological polar surface area (TPSA) is 112 Å². The third-order valence-corrected chi connectivity index (χ3v) is 5.08. The number of hydrogen-bond acceptors (Lipinski definition) is 6. The largest absolute Gasteiger partial charge is 0.451 e. The number of nitrogens with one attached hydrogen (secondary N) is 2. The summed E-state index contributed by atoms with van der Waals surface area (Å²) < 4.78 is 4.87. The number of nitriles is 1. The van der Waals surface area contributed by atoms with E-state index < -0.39 is 24.5 Å². The van der Waals surface area contributed by atoms with Crippen molar-refractivity contribution in [1.82, 2.24) is 10.6 Å². The van der Waals surface area contributed by atoms with Crippen LogP contribution in [0, 0.1) is 17.2 Å². The average Bonchev–Trinajstić information content (AvgIpc) is 2.72. The first-order valence-corrected chi connectivity index (χ1v) is 9.96. The molecule has 1 saturated carbocycles. The first kappa shape index (κ1) is 22.9. The van der Waals surface area contributed by atoms with Crippen molar-refractivity contribution >= 4 is 29.7 Å². The van der Waals surface area contributed by atoms with Crippen LogP contribution in [-0.4, -0.2) is 44.7 Å². The molecule has 160 valence electrons. The zero-order valence-corrected chi connectivity index (χ0v) is 17.6. The number of hydrogen-bond donors (Lipinski definition) is 2. The Morgan fingerprint density at radius 1 is 1.20 bits per heavy atom. The van der Waals surface area contributed by atoms with Gasteiger partial charge in [-0.15, -0.1) is 0 Å². The Kier molecular flexibility index (Phi) is 8.41. The fourth-order valence-electron chi connectivity index (χ4n) is 3.28. The van der Waals surface area contributed by atoms with Gasteiger partial charge < -0.3 is 15.0 Å². The van der Waals surface area contributed by atoms with Crippen molar-refractivity contribution in [3.8, 4) is 6.07 Å². The Labute approximate surface area is 176 Å². The van der Waals surface area contributed by atoms with Gasteiger partial charge in [-0.3, -0.25) is 10.1 Å². The first-order valence-electron chi connectivity index (χ1n) is 9.96. The second-order valence-electron chi connectivity index (χ2n) is 7.62. The summed E-state index contributed by atoms with van der Waals surface area (Å²) in [5.41, 5.74) is 1.39. The van der Waals surface area contributed by atoms with Crippen LogP contribution >= 0.6 is 0 Å². The third-order valence-electron chi connectivity index (χ3n) is 5.08. The van der Waals surface area contributed by atoms with Crippen molar-refractivity contribution in [1.29, 1.82) is 5.26 Å². The van der Waals surface area contributed by atoms with Crippen molar-refractivity contribution < 1.29 is 19.1 Å². The second kappa shape index (κ2) is 11.0.